The molecule has 0 aliphatic carbocycles. The number of thiophene rings is 1. The average molecular weight is 268 g/mol. The summed E-state index contributed by atoms with van der Waals surface area (Å²) in [7, 11) is 4.16. The number of fused-ring (bicyclic) bond motifs is 1. The van der Waals surface area contributed by atoms with Crippen LogP contribution in [0.1, 0.15) is 6.42 Å². The molecule has 0 unspecified atom stereocenters. The molecule has 2 heterocycles. The van der Waals surface area contributed by atoms with Crippen LogP contribution in [-0.2, 0) is 0 Å². The zero-order valence-electron chi connectivity index (χ0n) is 10.0. The van der Waals surface area contributed by atoms with E-state index in [1.807, 2.05) is 11.4 Å². The van der Waals surface area contributed by atoms with Crippen molar-refractivity contribution >= 4 is 39.1 Å². The molecule has 4 nitrogen and oxygen atoms in total. The molecule has 0 atom stereocenters. The number of thioether (sulfide) groups is 1. The van der Waals surface area contributed by atoms with E-state index in [1.54, 1.807) is 23.1 Å². The van der Waals surface area contributed by atoms with Crippen LogP contribution in [0.2, 0.25) is 0 Å². The van der Waals surface area contributed by atoms with Crippen LogP contribution < -0.4 is 5.73 Å². The highest BCUT2D eigenvalue weighted by molar-refractivity contribution is 7.99. The third kappa shape index (κ3) is 3.31. The average Bonchev–Trinajstić information content (AvgIpc) is 2.72. The molecule has 0 amide bonds. The molecular weight excluding hydrogens is 252 g/mol. The minimum absolute atomic E-state index is 0.589. The van der Waals surface area contributed by atoms with Crippen LogP contribution in [0.15, 0.2) is 16.6 Å². The first kappa shape index (κ1) is 12.6. The van der Waals surface area contributed by atoms with Gasteiger partial charge in [-0.05, 0) is 38.5 Å². The molecule has 17 heavy (non-hydrogen) atoms. The van der Waals surface area contributed by atoms with Gasteiger partial charge in [0.1, 0.15) is 10.6 Å². The van der Waals surface area contributed by atoms with Gasteiger partial charge in [0.05, 0.1) is 5.39 Å². The van der Waals surface area contributed by atoms with E-state index in [2.05, 4.69) is 29.0 Å². The molecule has 92 valence electrons. The number of nitrogens with two attached hydrogens (primary N) is 1. The Labute approximate surface area is 109 Å². The van der Waals surface area contributed by atoms with Crippen molar-refractivity contribution in [3.63, 3.8) is 0 Å². The standard InChI is InChI=1S/C11H16N4S2/c1-15(2)5-3-6-17-11-13-9(12)8-4-7-16-10(8)14-11/h4,7H,3,5-6H2,1-2H3,(H2,12,13,14). The van der Waals surface area contributed by atoms with Gasteiger partial charge in [0.25, 0.3) is 0 Å². The summed E-state index contributed by atoms with van der Waals surface area (Å²) in [6, 6.07) is 1.97. The summed E-state index contributed by atoms with van der Waals surface area (Å²) in [5, 5.41) is 3.75. The normalized spacial score (nSPS) is 11.5. The van der Waals surface area contributed by atoms with E-state index in [-0.39, 0.29) is 0 Å². The van der Waals surface area contributed by atoms with Gasteiger partial charge in [0.2, 0.25) is 0 Å². The highest BCUT2D eigenvalue weighted by Crippen LogP contribution is 2.26. The first-order valence-electron chi connectivity index (χ1n) is 5.45. The lowest BCUT2D eigenvalue weighted by Crippen LogP contribution is -2.13. The number of nitrogens with zero attached hydrogens (tertiary/aromatic N) is 3. The van der Waals surface area contributed by atoms with E-state index in [9.17, 15) is 0 Å². The molecule has 0 fully saturated rings. The van der Waals surface area contributed by atoms with Crippen molar-refractivity contribution in [3.8, 4) is 0 Å². The van der Waals surface area contributed by atoms with Crippen LogP contribution in [-0.4, -0.2) is 41.3 Å². The molecule has 2 N–H and O–H groups in total. The maximum atomic E-state index is 5.89. The Morgan fingerprint density at radius 2 is 2.24 bits per heavy atom. The van der Waals surface area contributed by atoms with Crippen molar-refractivity contribution in [3.05, 3.63) is 11.4 Å². The van der Waals surface area contributed by atoms with Crippen molar-refractivity contribution in [2.45, 2.75) is 11.6 Å². The molecule has 0 spiro atoms. The summed E-state index contributed by atoms with van der Waals surface area (Å²) in [4.78, 5) is 12.0. The van der Waals surface area contributed by atoms with E-state index in [1.165, 1.54) is 0 Å². The van der Waals surface area contributed by atoms with E-state index in [4.69, 9.17) is 5.73 Å². The van der Waals surface area contributed by atoms with Crippen LogP contribution in [0.3, 0.4) is 0 Å². The predicted molar refractivity (Wildman–Crippen MR) is 75.7 cm³/mol. The number of hydrogen-bond donors (Lipinski definition) is 1. The molecule has 0 saturated carbocycles. The first-order valence-corrected chi connectivity index (χ1v) is 7.31. The second-order valence-electron chi connectivity index (χ2n) is 4.04. The number of aromatic nitrogens is 2. The molecule has 2 aromatic heterocycles. The van der Waals surface area contributed by atoms with Crippen LogP contribution >= 0.6 is 23.1 Å². The van der Waals surface area contributed by atoms with Crippen LogP contribution in [0.25, 0.3) is 10.2 Å². The van der Waals surface area contributed by atoms with Gasteiger partial charge in [-0.1, -0.05) is 11.8 Å². The fraction of sp³-hybridized carbons (Fsp3) is 0.455. The molecule has 0 radical (unpaired) electrons. The molecule has 0 aliphatic heterocycles. The third-order valence-electron chi connectivity index (χ3n) is 2.31. The minimum atomic E-state index is 0.589. The van der Waals surface area contributed by atoms with Crippen molar-refractivity contribution < 1.29 is 0 Å². The maximum Gasteiger partial charge on any atom is 0.190 e. The van der Waals surface area contributed by atoms with Gasteiger partial charge in [0.15, 0.2) is 5.16 Å². The first-order chi connectivity index (χ1) is 8.16. The fourth-order valence-electron chi connectivity index (χ4n) is 1.47. The Bertz CT molecular complexity index is 495. The van der Waals surface area contributed by atoms with Gasteiger partial charge in [-0.25, -0.2) is 9.97 Å². The summed E-state index contributed by atoms with van der Waals surface area (Å²) in [5.74, 6) is 1.61. The number of nitrogen functional groups attached to an aromatic ring is 1. The fourth-order valence-corrected chi connectivity index (χ4v) is 3.07. The largest absolute Gasteiger partial charge is 0.383 e. The lowest BCUT2D eigenvalue weighted by atomic mass is 10.4. The summed E-state index contributed by atoms with van der Waals surface area (Å²) in [6.45, 7) is 1.09. The summed E-state index contributed by atoms with van der Waals surface area (Å²) in [5.41, 5.74) is 5.89. The van der Waals surface area contributed by atoms with E-state index in [0.29, 0.717) is 5.82 Å². The molecule has 6 heteroatoms. The topological polar surface area (TPSA) is 55.0 Å². The molecule has 2 aromatic rings. The highest BCUT2D eigenvalue weighted by atomic mass is 32.2. The summed E-state index contributed by atoms with van der Waals surface area (Å²) >= 11 is 3.28. The van der Waals surface area contributed by atoms with Gasteiger partial charge in [-0.2, -0.15) is 0 Å². The van der Waals surface area contributed by atoms with Crippen LogP contribution in [0, 0.1) is 0 Å². The lowest BCUT2D eigenvalue weighted by molar-refractivity contribution is 0.410. The molecule has 0 aliphatic rings. The number of anilines is 1. The van der Waals surface area contributed by atoms with E-state index < -0.39 is 0 Å². The van der Waals surface area contributed by atoms with Crippen LogP contribution in [0.4, 0.5) is 5.82 Å². The van der Waals surface area contributed by atoms with Crippen molar-refractivity contribution in [2.24, 2.45) is 0 Å². The molecular formula is C11H16N4S2. The molecule has 2 rings (SSSR count). The molecule has 0 saturated heterocycles. The second-order valence-corrected chi connectivity index (χ2v) is 5.99. The van der Waals surface area contributed by atoms with Gasteiger partial charge >= 0.3 is 0 Å². The SMILES string of the molecule is CN(C)CCCSc1nc(N)c2ccsc2n1. The monoisotopic (exact) mass is 268 g/mol. The van der Waals surface area contributed by atoms with Gasteiger partial charge in [-0.3, -0.25) is 0 Å². The zero-order valence-corrected chi connectivity index (χ0v) is 11.6. The number of rotatable bonds is 5. The third-order valence-corrected chi connectivity index (χ3v) is 4.06. The van der Waals surface area contributed by atoms with Gasteiger partial charge in [-0.15, -0.1) is 11.3 Å². The lowest BCUT2D eigenvalue weighted by Gasteiger charge is -2.08. The molecule has 0 bridgehead atoms. The Morgan fingerprint density at radius 1 is 1.41 bits per heavy atom. The molecule has 0 aromatic carbocycles. The van der Waals surface area contributed by atoms with Crippen molar-refractivity contribution in [1.29, 1.82) is 0 Å². The van der Waals surface area contributed by atoms with Gasteiger partial charge < -0.3 is 10.6 Å². The van der Waals surface area contributed by atoms with Gasteiger partial charge in [0, 0.05) is 5.75 Å². The highest BCUT2D eigenvalue weighted by Gasteiger charge is 2.06. The zero-order chi connectivity index (χ0) is 12.3. The van der Waals surface area contributed by atoms with E-state index in [0.717, 1.165) is 34.1 Å². The smallest absolute Gasteiger partial charge is 0.190 e. The minimum Gasteiger partial charge on any atom is -0.383 e. The second kappa shape index (κ2) is 5.66. The van der Waals surface area contributed by atoms with E-state index >= 15 is 0 Å². The predicted octanol–water partition coefficient (Wildman–Crippen LogP) is 2.32. The van der Waals surface area contributed by atoms with Crippen molar-refractivity contribution in [2.75, 3.05) is 32.1 Å². The number of hydrogen-bond acceptors (Lipinski definition) is 6. The Morgan fingerprint density at radius 3 is 3.00 bits per heavy atom. The van der Waals surface area contributed by atoms with Crippen molar-refractivity contribution in [1.82, 2.24) is 14.9 Å². The Hall–Kier alpha value is -0.850. The maximum absolute atomic E-state index is 5.89. The Kier molecular flexibility index (Phi) is 4.20. The van der Waals surface area contributed by atoms with Crippen LogP contribution in [0.5, 0.6) is 0 Å². The Balaban J connectivity index is 1.99. The quantitative estimate of drug-likeness (QED) is 0.512. The summed E-state index contributed by atoms with van der Waals surface area (Å²) in [6.07, 6.45) is 1.13. The summed E-state index contributed by atoms with van der Waals surface area (Å²) < 4.78 is 0.